The third kappa shape index (κ3) is 9.95. The quantitative estimate of drug-likeness (QED) is 0.214. The van der Waals surface area contributed by atoms with E-state index in [1.165, 1.54) is 36.4 Å². The molecule has 0 N–H and O–H groups in total. The molecule has 0 amide bonds. The molecule has 37 heavy (non-hydrogen) atoms. The van der Waals surface area contributed by atoms with Gasteiger partial charge >= 0.3 is 18.3 Å². The number of aromatic nitrogens is 2. The van der Waals surface area contributed by atoms with E-state index in [-0.39, 0.29) is 50.6 Å². The highest BCUT2D eigenvalue weighted by Gasteiger charge is 2.31. The first-order valence-corrected chi connectivity index (χ1v) is 11.4. The van der Waals surface area contributed by atoms with Gasteiger partial charge in [0.15, 0.2) is 0 Å². The van der Waals surface area contributed by atoms with Gasteiger partial charge in [0.1, 0.15) is 27.0 Å². The molecule has 2 heterocycles. The molecule has 0 unspecified atom stereocenters. The first kappa shape index (κ1) is 29.9. The van der Waals surface area contributed by atoms with E-state index in [2.05, 4.69) is 14.7 Å². The molecule has 8 nitrogen and oxygen atoms in total. The molecule has 0 atom stereocenters. The van der Waals surface area contributed by atoms with Crippen LogP contribution in [0.4, 0.5) is 13.2 Å². The average molecular weight is 582 g/mol. The van der Waals surface area contributed by atoms with Gasteiger partial charge < -0.3 is 18.9 Å². The number of ether oxygens (including phenoxy) is 4. The summed E-state index contributed by atoms with van der Waals surface area (Å²) in [5, 5.41) is 0.201. The predicted octanol–water partition coefficient (Wildman–Crippen LogP) is 7.17. The van der Waals surface area contributed by atoms with Gasteiger partial charge in [-0.1, -0.05) is 34.8 Å². The van der Waals surface area contributed by atoms with Gasteiger partial charge in [0, 0.05) is 6.07 Å². The number of alkyl halides is 3. The Hall–Kier alpha value is -3.28. The van der Waals surface area contributed by atoms with E-state index in [1.807, 2.05) is 0 Å². The lowest BCUT2D eigenvalue weighted by Gasteiger charge is -2.10. The standard InChI is InChI=1S/C15H11ClF3NO4.C8H7Cl2NO2/c1-2-22-14(21)11-7-8-12(20-13(11)16)23-9-3-5-10(6-4-9)24-15(17,18)19;1-2-13-8(12)5-3-4-6(9)11-7(5)10/h3-8H,2H2,1H3;3-4H,2H2,1H3. The third-order valence-corrected chi connectivity index (χ3v) is 4.70. The summed E-state index contributed by atoms with van der Waals surface area (Å²) in [5.74, 6) is -1.19. The second kappa shape index (κ2) is 13.9. The van der Waals surface area contributed by atoms with Crippen LogP contribution in [-0.2, 0) is 9.47 Å². The summed E-state index contributed by atoms with van der Waals surface area (Å²) in [6, 6.07) is 10.5. The normalized spacial score (nSPS) is 10.6. The highest BCUT2D eigenvalue weighted by molar-refractivity contribution is 6.34. The molecule has 1 aromatic carbocycles. The molecule has 0 spiro atoms. The van der Waals surface area contributed by atoms with Crippen LogP contribution in [0.25, 0.3) is 0 Å². The molecule has 3 aromatic rings. The van der Waals surface area contributed by atoms with Crippen LogP contribution in [0.3, 0.4) is 0 Å². The number of carbonyl (C=O) groups is 2. The molecule has 0 aliphatic heterocycles. The lowest BCUT2D eigenvalue weighted by molar-refractivity contribution is -0.274. The minimum atomic E-state index is -4.76. The van der Waals surface area contributed by atoms with E-state index in [9.17, 15) is 22.8 Å². The van der Waals surface area contributed by atoms with E-state index in [4.69, 9.17) is 49.0 Å². The van der Waals surface area contributed by atoms with Gasteiger partial charge in [-0.15, -0.1) is 13.2 Å². The second-order valence-corrected chi connectivity index (χ2v) is 7.63. The lowest BCUT2D eigenvalue weighted by Crippen LogP contribution is -2.16. The first-order valence-electron chi connectivity index (χ1n) is 10.3. The number of benzene rings is 1. The number of nitrogens with zero attached hydrogens (tertiary/aromatic N) is 2. The van der Waals surface area contributed by atoms with Gasteiger partial charge in [-0.25, -0.2) is 19.6 Å². The molecule has 0 radical (unpaired) electrons. The number of pyridine rings is 2. The fourth-order valence-corrected chi connectivity index (χ4v) is 3.08. The molecule has 198 valence electrons. The molecular formula is C23H18Cl3F3N2O6. The van der Waals surface area contributed by atoms with E-state index in [0.29, 0.717) is 6.61 Å². The summed E-state index contributed by atoms with van der Waals surface area (Å²) in [7, 11) is 0. The van der Waals surface area contributed by atoms with Gasteiger partial charge in [-0.3, -0.25) is 0 Å². The van der Waals surface area contributed by atoms with Crippen LogP contribution in [0.1, 0.15) is 34.6 Å². The van der Waals surface area contributed by atoms with Crippen LogP contribution >= 0.6 is 34.8 Å². The zero-order valence-electron chi connectivity index (χ0n) is 19.1. The number of halogens is 6. The fraction of sp³-hybridized carbons (Fsp3) is 0.217. The first-order chi connectivity index (χ1) is 17.4. The maximum absolute atomic E-state index is 12.1. The van der Waals surface area contributed by atoms with Gasteiger partial charge in [-0.05, 0) is 56.3 Å². The summed E-state index contributed by atoms with van der Waals surface area (Å²) in [4.78, 5) is 30.4. The number of esters is 2. The highest BCUT2D eigenvalue weighted by atomic mass is 35.5. The topological polar surface area (TPSA) is 96.8 Å². The summed E-state index contributed by atoms with van der Waals surface area (Å²) in [6.07, 6.45) is -4.76. The Labute approximate surface area is 224 Å². The highest BCUT2D eigenvalue weighted by Crippen LogP contribution is 2.28. The Morgan fingerprint density at radius 1 is 0.757 bits per heavy atom. The van der Waals surface area contributed by atoms with Crippen molar-refractivity contribution in [2.75, 3.05) is 13.2 Å². The van der Waals surface area contributed by atoms with Crippen molar-refractivity contribution in [1.29, 1.82) is 0 Å². The SMILES string of the molecule is CCOC(=O)c1ccc(Cl)nc1Cl.CCOC(=O)c1ccc(Oc2ccc(OC(F)(F)F)cc2)nc1Cl. The van der Waals surface area contributed by atoms with Crippen LogP contribution in [0.15, 0.2) is 48.5 Å². The molecule has 0 aliphatic carbocycles. The maximum Gasteiger partial charge on any atom is 0.573 e. The smallest absolute Gasteiger partial charge is 0.462 e. The zero-order valence-corrected chi connectivity index (χ0v) is 21.4. The molecule has 0 bridgehead atoms. The Morgan fingerprint density at radius 2 is 1.24 bits per heavy atom. The lowest BCUT2D eigenvalue weighted by atomic mass is 10.3. The Bertz CT molecular complexity index is 1230. The molecule has 14 heteroatoms. The predicted molar refractivity (Wildman–Crippen MR) is 129 cm³/mol. The van der Waals surface area contributed by atoms with Crippen molar-refractivity contribution in [2.24, 2.45) is 0 Å². The molecule has 2 aromatic heterocycles. The Balaban J connectivity index is 0.000000312. The minimum Gasteiger partial charge on any atom is -0.462 e. The van der Waals surface area contributed by atoms with Crippen LogP contribution in [0.2, 0.25) is 15.5 Å². The minimum absolute atomic E-state index is 0.0611. The van der Waals surface area contributed by atoms with Crippen LogP contribution in [-0.4, -0.2) is 41.5 Å². The number of rotatable bonds is 7. The molecule has 0 fully saturated rings. The summed E-state index contributed by atoms with van der Waals surface area (Å²) >= 11 is 17.1. The zero-order chi connectivity index (χ0) is 27.6. The fourth-order valence-electron chi connectivity index (χ4n) is 2.44. The van der Waals surface area contributed by atoms with E-state index in [0.717, 1.165) is 12.1 Å². The molecule has 0 aliphatic rings. The van der Waals surface area contributed by atoms with Crippen molar-refractivity contribution in [2.45, 2.75) is 20.2 Å². The van der Waals surface area contributed by atoms with Gasteiger partial charge in [0.25, 0.3) is 0 Å². The number of hydrogen-bond acceptors (Lipinski definition) is 8. The van der Waals surface area contributed by atoms with Crippen LogP contribution in [0, 0.1) is 0 Å². The van der Waals surface area contributed by atoms with Crippen LogP contribution in [0.5, 0.6) is 17.4 Å². The average Bonchev–Trinajstić information content (AvgIpc) is 2.80. The van der Waals surface area contributed by atoms with E-state index < -0.39 is 18.3 Å². The monoisotopic (exact) mass is 580 g/mol. The molecule has 0 saturated carbocycles. The summed E-state index contributed by atoms with van der Waals surface area (Å²) in [6.45, 7) is 3.87. The van der Waals surface area contributed by atoms with Crippen molar-refractivity contribution in [3.8, 4) is 17.4 Å². The molecule has 0 saturated heterocycles. The summed E-state index contributed by atoms with van der Waals surface area (Å²) in [5.41, 5.74) is 0.313. The maximum atomic E-state index is 12.1. The third-order valence-electron chi connectivity index (χ3n) is 3.91. The molecule has 3 rings (SSSR count). The Kier molecular flexibility index (Phi) is 11.2. The second-order valence-electron chi connectivity index (χ2n) is 6.52. The van der Waals surface area contributed by atoms with Crippen molar-refractivity contribution in [3.05, 3.63) is 75.1 Å². The summed E-state index contributed by atoms with van der Waals surface area (Å²) < 4.78 is 54.9. The van der Waals surface area contributed by atoms with Crippen molar-refractivity contribution >= 4 is 46.7 Å². The van der Waals surface area contributed by atoms with Gasteiger partial charge in [-0.2, -0.15) is 0 Å². The van der Waals surface area contributed by atoms with Crippen LogP contribution < -0.4 is 9.47 Å². The van der Waals surface area contributed by atoms with Gasteiger partial charge in [0.05, 0.1) is 24.3 Å². The van der Waals surface area contributed by atoms with Crippen molar-refractivity contribution < 1.29 is 41.7 Å². The number of carbonyl (C=O) groups excluding carboxylic acids is 2. The Morgan fingerprint density at radius 3 is 1.70 bits per heavy atom. The van der Waals surface area contributed by atoms with E-state index >= 15 is 0 Å². The largest absolute Gasteiger partial charge is 0.573 e. The van der Waals surface area contributed by atoms with Crippen molar-refractivity contribution in [3.63, 3.8) is 0 Å². The van der Waals surface area contributed by atoms with Gasteiger partial charge in [0.2, 0.25) is 5.88 Å². The molecular weight excluding hydrogens is 564 g/mol. The number of hydrogen-bond donors (Lipinski definition) is 0. The van der Waals surface area contributed by atoms with Crippen molar-refractivity contribution in [1.82, 2.24) is 9.97 Å². The van der Waals surface area contributed by atoms with E-state index in [1.54, 1.807) is 13.8 Å².